The molecule has 0 saturated heterocycles. The first-order chi connectivity index (χ1) is 9.92. The molecule has 0 aliphatic rings. The number of hydrogen-bond donors (Lipinski definition) is 2. The molecule has 1 amide bonds. The molecule has 1 heterocycles. The number of carbonyl (C=O) groups excluding carboxylic acids is 1. The quantitative estimate of drug-likeness (QED) is 0.909. The van der Waals surface area contributed by atoms with Crippen LogP contribution in [0.1, 0.15) is 33.5 Å². The second kappa shape index (κ2) is 5.97. The van der Waals surface area contributed by atoms with Crippen molar-refractivity contribution in [3.05, 3.63) is 46.2 Å². The number of aromatic carboxylic acids is 1. The molecule has 7 heteroatoms. The fourth-order valence-corrected chi connectivity index (χ4v) is 2.19. The SMILES string of the molecule is CCn1nc(C)cc1C(=O)Nc1ccc(C(=O)O)c(Cl)c1. The minimum Gasteiger partial charge on any atom is -0.478 e. The van der Waals surface area contributed by atoms with Gasteiger partial charge in [0, 0.05) is 12.2 Å². The minimum absolute atomic E-state index is 0.0101. The molecule has 2 aromatic rings. The highest BCUT2D eigenvalue weighted by atomic mass is 35.5. The lowest BCUT2D eigenvalue weighted by Crippen LogP contribution is -2.17. The van der Waals surface area contributed by atoms with Crippen molar-refractivity contribution in [3.8, 4) is 0 Å². The molecular formula is C14H14ClN3O3. The van der Waals surface area contributed by atoms with Crippen LogP contribution < -0.4 is 5.32 Å². The fraction of sp³-hybridized carbons (Fsp3) is 0.214. The fourth-order valence-electron chi connectivity index (χ4n) is 1.93. The Bertz CT molecular complexity index is 709. The van der Waals surface area contributed by atoms with E-state index in [0.29, 0.717) is 17.9 Å². The van der Waals surface area contributed by atoms with Crippen LogP contribution in [0.3, 0.4) is 0 Å². The number of hydrogen-bond acceptors (Lipinski definition) is 3. The number of halogens is 1. The Labute approximate surface area is 126 Å². The van der Waals surface area contributed by atoms with Gasteiger partial charge in [-0.25, -0.2) is 4.79 Å². The predicted octanol–water partition coefficient (Wildman–Crippen LogP) is 2.82. The molecule has 21 heavy (non-hydrogen) atoms. The van der Waals surface area contributed by atoms with Gasteiger partial charge in [-0.1, -0.05) is 11.6 Å². The number of nitrogens with one attached hydrogen (secondary N) is 1. The summed E-state index contributed by atoms with van der Waals surface area (Å²) in [5, 5.41) is 15.8. The zero-order valence-electron chi connectivity index (χ0n) is 11.6. The van der Waals surface area contributed by atoms with Crippen LogP contribution in [-0.2, 0) is 6.54 Å². The highest BCUT2D eigenvalue weighted by Crippen LogP contribution is 2.21. The smallest absolute Gasteiger partial charge is 0.337 e. The lowest BCUT2D eigenvalue weighted by molar-refractivity contribution is 0.0697. The number of rotatable bonds is 4. The molecule has 0 atom stereocenters. The van der Waals surface area contributed by atoms with Gasteiger partial charge in [0.15, 0.2) is 0 Å². The Kier molecular flexibility index (Phi) is 4.28. The molecule has 0 aliphatic heterocycles. The maximum atomic E-state index is 12.2. The average Bonchev–Trinajstić information content (AvgIpc) is 2.79. The molecule has 0 aliphatic carbocycles. The molecule has 1 aromatic carbocycles. The molecule has 0 unspecified atom stereocenters. The molecular weight excluding hydrogens is 294 g/mol. The van der Waals surface area contributed by atoms with Crippen molar-refractivity contribution in [3.63, 3.8) is 0 Å². The van der Waals surface area contributed by atoms with E-state index in [1.807, 2.05) is 13.8 Å². The average molecular weight is 308 g/mol. The summed E-state index contributed by atoms with van der Waals surface area (Å²) in [7, 11) is 0. The Morgan fingerprint density at radius 2 is 2.10 bits per heavy atom. The zero-order chi connectivity index (χ0) is 15.6. The zero-order valence-corrected chi connectivity index (χ0v) is 12.3. The van der Waals surface area contributed by atoms with E-state index < -0.39 is 5.97 Å². The van der Waals surface area contributed by atoms with Crippen LogP contribution in [0.25, 0.3) is 0 Å². The van der Waals surface area contributed by atoms with Gasteiger partial charge in [-0.3, -0.25) is 9.48 Å². The molecule has 2 N–H and O–H groups in total. The number of carbonyl (C=O) groups is 2. The predicted molar refractivity (Wildman–Crippen MR) is 79.0 cm³/mol. The Hall–Kier alpha value is -2.34. The summed E-state index contributed by atoms with van der Waals surface area (Å²) in [5.41, 5.74) is 1.61. The maximum Gasteiger partial charge on any atom is 0.337 e. The molecule has 0 spiro atoms. The van der Waals surface area contributed by atoms with Crippen molar-refractivity contribution in [2.24, 2.45) is 0 Å². The number of benzene rings is 1. The topological polar surface area (TPSA) is 84.2 Å². The largest absolute Gasteiger partial charge is 0.478 e. The van der Waals surface area contributed by atoms with Gasteiger partial charge in [0.05, 0.1) is 16.3 Å². The van der Waals surface area contributed by atoms with Crippen molar-refractivity contribution < 1.29 is 14.7 Å². The van der Waals surface area contributed by atoms with Crippen molar-refractivity contribution >= 4 is 29.2 Å². The van der Waals surface area contributed by atoms with Crippen molar-refractivity contribution in [1.29, 1.82) is 0 Å². The van der Waals surface area contributed by atoms with E-state index in [1.54, 1.807) is 10.7 Å². The number of aryl methyl sites for hydroxylation is 2. The van der Waals surface area contributed by atoms with Gasteiger partial charge >= 0.3 is 5.97 Å². The molecule has 2 rings (SSSR count). The number of aromatic nitrogens is 2. The monoisotopic (exact) mass is 307 g/mol. The van der Waals surface area contributed by atoms with Gasteiger partial charge in [-0.15, -0.1) is 0 Å². The standard InChI is InChI=1S/C14H14ClN3O3/c1-3-18-12(6-8(2)17-18)13(19)16-9-4-5-10(14(20)21)11(15)7-9/h4-7H,3H2,1-2H3,(H,16,19)(H,20,21). The van der Waals surface area contributed by atoms with Gasteiger partial charge in [0.1, 0.15) is 5.69 Å². The van der Waals surface area contributed by atoms with E-state index in [2.05, 4.69) is 10.4 Å². The Morgan fingerprint density at radius 3 is 2.67 bits per heavy atom. The van der Waals surface area contributed by atoms with Crippen LogP contribution in [-0.4, -0.2) is 26.8 Å². The Morgan fingerprint density at radius 1 is 1.38 bits per heavy atom. The molecule has 0 fully saturated rings. The first kappa shape index (κ1) is 15.1. The lowest BCUT2D eigenvalue weighted by atomic mass is 10.2. The summed E-state index contributed by atoms with van der Waals surface area (Å²) in [6.45, 7) is 4.28. The number of carboxylic acid groups (broad SMARTS) is 1. The lowest BCUT2D eigenvalue weighted by Gasteiger charge is -2.08. The van der Waals surface area contributed by atoms with E-state index in [4.69, 9.17) is 16.7 Å². The van der Waals surface area contributed by atoms with E-state index >= 15 is 0 Å². The van der Waals surface area contributed by atoms with Gasteiger partial charge < -0.3 is 10.4 Å². The summed E-state index contributed by atoms with van der Waals surface area (Å²) in [4.78, 5) is 23.1. The van der Waals surface area contributed by atoms with E-state index in [9.17, 15) is 9.59 Å². The summed E-state index contributed by atoms with van der Waals surface area (Å²) >= 11 is 5.87. The van der Waals surface area contributed by atoms with E-state index in [-0.39, 0.29) is 16.5 Å². The van der Waals surface area contributed by atoms with Crippen molar-refractivity contribution in [2.45, 2.75) is 20.4 Å². The van der Waals surface area contributed by atoms with Crippen LogP contribution >= 0.6 is 11.6 Å². The molecule has 0 bridgehead atoms. The van der Waals surface area contributed by atoms with Gasteiger partial charge in [-0.05, 0) is 38.1 Å². The van der Waals surface area contributed by atoms with Crippen molar-refractivity contribution in [2.75, 3.05) is 5.32 Å². The summed E-state index contributed by atoms with van der Waals surface area (Å²) in [5.74, 6) is -1.44. The second-order valence-corrected chi connectivity index (χ2v) is 4.85. The van der Waals surface area contributed by atoms with Crippen LogP contribution in [0, 0.1) is 6.92 Å². The third kappa shape index (κ3) is 3.22. The van der Waals surface area contributed by atoms with Crippen molar-refractivity contribution in [1.82, 2.24) is 9.78 Å². The van der Waals surface area contributed by atoms with Crippen LogP contribution in [0.15, 0.2) is 24.3 Å². The molecule has 0 radical (unpaired) electrons. The first-order valence-corrected chi connectivity index (χ1v) is 6.68. The van der Waals surface area contributed by atoms with E-state index in [0.717, 1.165) is 5.69 Å². The molecule has 1 aromatic heterocycles. The first-order valence-electron chi connectivity index (χ1n) is 6.31. The highest BCUT2D eigenvalue weighted by molar-refractivity contribution is 6.33. The van der Waals surface area contributed by atoms with E-state index in [1.165, 1.54) is 18.2 Å². The van der Waals surface area contributed by atoms with Gasteiger partial charge in [0.2, 0.25) is 0 Å². The van der Waals surface area contributed by atoms with Gasteiger partial charge in [-0.2, -0.15) is 5.10 Å². The third-order valence-electron chi connectivity index (χ3n) is 2.89. The normalized spacial score (nSPS) is 10.4. The van der Waals surface area contributed by atoms with Gasteiger partial charge in [0.25, 0.3) is 5.91 Å². The molecule has 0 saturated carbocycles. The summed E-state index contributed by atoms with van der Waals surface area (Å²) in [6.07, 6.45) is 0. The minimum atomic E-state index is -1.11. The second-order valence-electron chi connectivity index (χ2n) is 4.44. The Balaban J connectivity index is 2.23. The molecule has 110 valence electrons. The maximum absolute atomic E-state index is 12.2. The summed E-state index contributed by atoms with van der Waals surface area (Å²) in [6, 6.07) is 5.93. The number of anilines is 1. The summed E-state index contributed by atoms with van der Waals surface area (Å²) < 4.78 is 1.60. The number of carboxylic acids is 1. The number of amides is 1. The highest BCUT2D eigenvalue weighted by Gasteiger charge is 2.15. The number of nitrogens with zero attached hydrogens (tertiary/aromatic N) is 2. The molecule has 6 nitrogen and oxygen atoms in total. The van der Waals surface area contributed by atoms with Crippen LogP contribution in [0.2, 0.25) is 5.02 Å². The van der Waals surface area contributed by atoms with Crippen LogP contribution in [0.5, 0.6) is 0 Å². The third-order valence-corrected chi connectivity index (χ3v) is 3.20. The van der Waals surface area contributed by atoms with Crippen LogP contribution in [0.4, 0.5) is 5.69 Å².